The summed E-state index contributed by atoms with van der Waals surface area (Å²) >= 11 is 0. The molecule has 1 saturated heterocycles. The van der Waals surface area contributed by atoms with E-state index in [0.717, 1.165) is 32.5 Å². The first-order valence-corrected chi connectivity index (χ1v) is 7.75. The van der Waals surface area contributed by atoms with Crippen LogP contribution in [0.1, 0.15) is 42.0 Å². The SMILES string of the molecule is Cc1cc(C)cc(C(N)CCN2CCCC(CO)C2)c1. The largest absolute Gasteiger partial charge is 0.396 e. The van der Waals surface area contributed by atoms with Crippen LogP contribution in [0.5, 0.6) is 0 Å². The lowest BCUT2D eigenvalue weighted by atomic mass is 9.97. The number of hydrogen-bond acceptors (Lipinski definition) is 3. The molecule has 1 aliphatic rings. The van der Waals surface area contributed by atoms with Crippen molar-refractivity contribution in [3.05, 3.63) is 34.9 Å². The Hall–Kier alpha value is -0.900. The van der Waals surface area contributed by atoms with E-state index in [4.69, 9.17) is 5.73 Å². The lowest BCUT2D eigenvalue weighted by Gasteiger charge is -2.32. The summed E-state index contributed by atoms with van der Waals surface area (Å²) in [5.74, 6) is 0.459. The third-order valence-electron chi connectivity index (χ3n) is 4.29. The first kappa shape index (κ1) is 15.5. The molecule has 1 aromatic rings. The molecule has 20 heavy (non-hydrogen) atoms. The summed E-state index contributed by atoms with van der Waals surface area (Å²) in [5, 5.41) is 9.27. The van der Waals surface area contributed by atoms with Gasteiger partial charge in [-0.15, -0.1) is 0 Å². The van der Waals surface area contributed by atoms with Crippen molar-refractivity contribution in [2.24, 2.45) is 11.7 Å². The number of aryl methyl sites for hydroxylation is 2. The van der Waals surface area contributed by atoms with E-state index in [1.54, 1.807) is 0 Å². The van der Waals surface area contributed by atoms with Crippen molar-refractivity contribution in [1.82, 2.24) is 4.90 Å². The van der Waals surface area contributed by atoms with Gasteiger partial charge in [0.15, 0.2) is 0 Å². The Kier molecular flexibility index (Phi) is 5.58. The first-order valence-electron chi connectivity index (χ1n) is 7.75. The topological polar surface area (TPSA) is 49.5 Å². The van der Waals surface area contributed by atoms with Gasteiger partial charge in [0, 0.05) is 19.2 Å². The second kappa shape index (κ2) is 7.21. The van der Waals surface area contributed by atoms with Crippen molar-refractivity contribution in [1.29, 1.82) is 0 Å². The molecule has 0 spiro atoms. The van der Waals surface area contributed by atoms with Crippen LogP contribution in [0.3, 0.4) is 0 Å². The van der Waals surface area contributed by atoms with E-state index in [1.807, 2.05) is 0 Å². The fourth-order valence-electron chi connectivity index (χ4n) is 3.22. The molecule has 2 rings (SSSR count). The quantitative estimate of drug-likeness (QED) is 0.868. The second-order valence-corrected chi connectivity index (χ2v) is 6.31. The van der Waals surface area contributed by atoms with Crippen LogP contribution in [0.2, 0.25) is 0 Å². The molecule has 3 nitrogen and oxygen atoms in total. The molecule has 3 N–H and O–H groups in total. The maximum atomic E-state index is 9.27. The molecular formula is C17H28N2O. The maximum Gasteiger partial charge on any atom is 0.0471 e. The third kappa shape index (κ3) is 4.30. The smallest absolute Gasteiger partial charge is 0.0471 e. The highest BCUT2D eigenvalue weighted by atomic mass is 16.3. The Bertz CT molecular complexity index is 413. The standard InChI is InChI=1S/C17H28N2O/c1-13-8-14(2)10-16(9-13)17(18)5-7-19-6-3-4-15(11-19)12-20/h8-10,15,17,20H,3-7,11-12,18H2,1-2H3. The molecule has 0 radical (unpaired) electrons. The minimum atomic E-state index is 0.114. The second-order valence-electron chi connectivity index (χ2n) is 6.31. The van der Waals surface area contributed by atoms with E-state index in [-0.39, 0.29) is 6.04 Å². The molecule has 0 amide bonds. The molecule has 2 unspecified atom stereocenters. The van der Waals surface area contributed by atoms with E-state index in [1.165, 1.54) is 23.1 Å². The Morgan fingerprint density at radius 1 is 1.30 bits per heavy atom. The van der Waals surface area contributed by atoms with E-state index in [9.17, 15) is 5.11 Å². The number of benzene rings is 1. The summed E-state index contributed by atoms with van der Waals surface area (Å²) < 4.78 is 0. The number of likely N-dealkylation sites (tertiary alicyclic amines) is 1. The van der Waals surface area contributed by atoms with Gasteiger partial charge in [0.05, 0.1) is 0 Å². The number of rotatable bonds is 5. The molecular weight excluding hydrogens is 248 g/mol. The summed E-state index contributed by atoms with van der Waals surface area (Å²) in [4.78, 5) is 2.45. The summed E-state index contributed by atoms with van der Waals surface area (Å²) in [6.07, 6.45) is 3.35. The number of aliphatic hydroxyl groups is 1. The summed E-state index contributed by atoms with van der Waals surface area (Å²) in [6.45, 7) is 7.77. The highest BCUT2D eigenvalue weighted by Crippen LogP contribution is 2.20. The molecule has 1 aliphatic heterocycles. The zero-order valence-corrected chi connectivity index (χ0v) is 12.8. The van der Waals surface area contributed by atoms with Crippen LogP contribution in [0.4, 0.5) is 0 Å². The van der Waals surface area contributed by atoms with Crippen LogP contribution < -0.4 is 5.73 Å². The van der Waals surface area contributed by atoms with Gasteiger partial charge in [0.1, 0.15) is 0 Å². The number of nitrogens with zero attached hydrogens (tertiary/aromatic N) is 1. The summed E-state index contributed by atoms with van der Waals surface area (Å²) in [5.41, 5.74) is 10.2. The third-order valence-corrected chi connectivity index (χ3v) is 4.29. The van der Waals surface area contributed by atoms with Gasteiger partial charge in [-0.3, -0.25) is 0 Å². The van der Waals surface area contributed by atoms with Crippen molar-refractivity contribution in [3.8, 4) is 0 Å². The van der Waals surface area contributed by atoms with Crippen LogP contribution in [0, 0.1) is 19.8 Å². The lowest BCUT2D eigenvalue weighted by Crippen LogP contribution is -2.38. The van der Waals surface area contributed by atoms with E-state index >= 15 is 0 Å². The van der Waals surface area contributed by atoms with Gasteiger partial charge < -0.3 is 15.7 Å². The van der Waals surface area contributed by atoms with Crippen LogP contribution in [-0.2, 0) is 0 Å². The Morgan fingerprint density at radius 2 is 2.00 bits per heavy atom. The summed E-state index contributed by atoms with van der Waals surface area (Å²) in [6, 6.07) is 6.70. The van der Waals surface area contributed by atoms with E-state index in [0.29, 0.717) is 12.5 Å². The molecule has 3 heteroatoms. The maximum absolute atomic E-state index is 9.27. The average molecular weight is 276 g/mol. The van der Waals surface area contributed by atoms with Crippen LogP contribution >= 0.6 is 0 Å². The predicted molar refractivity (Wildman–Crippen MR) is 83.7 cm³/mol. The minimum Gasteiger partial charge on any atom is -0.396 e. The van der Waals surface area contributed by atoms with Gasteiger partial charge in [-0.2, -0.15) is 0 Å². The van der Waals surface area contributed by atoms with Crippen molar-refractivity contribution < 1.29 is 5.11 Å². The monoisotopic (exact) mass is 276 g/mol. The molecule has 0 aliphatic carbocycles. The first-order chi connectivity index (χ1) is 9.58. The molecule has 0 bridgehead atoms. The Balaban J connectivity index is 1.86. The van der Waals surface area contributed by atoms with Crippen LogP contribution in [-0.4, -0.2) is 36.2 Å². The van der Waals surface area contributed by atoms with Crippen molar-refractivity contribution in [2.75, 3.05) is 26.2 Å². The fourth-order valence-corrected chi connectivity index (χ4v) is 3.22. The number of piperidine rings is 1. The molecule has 1 aromatic carbocycles. The highest BCUT2D eigenvalue weighted by Gasteiger charge is 2.19. The number of nitrogens with two attached hydrogens (primary N) is 1. The minimum absolute atomic E-state index is 0.114. The summed E-state index contributed by atoms with van der Waals surface area (Å²) in [7, 11) is 0. The Labute approximate surface area is 122 Å². The number of hydrogen-bond donors (Lipinski definition) is 2. The van der Waals surface area contributed by atoms with Gasteiger partial charge in [-0.05, 0) is 57.7 Å². The van der Waals surface area contributed by atoms with Gasteiger partial charge >= 0.3 is 0 Å². The van der Waals surface area contributed by atoms with Crippen molar-refractivity contribution in [2.45, 2.75) is 39.2 Å². The van der Waals surface area contributed by atoms with Crippen molar-refractivity contribution >= 4 is 0 Å². The van der Waals surface area contributed by atoms with E-state index < -0.39 is 0 Å². The molecule has 0 aromatic heterocycles. The molecule has 2 atom stereocenters. The van der Waals surface area contributed by atoms with Gasteiger partial charge in [0.25, 0.3) is 0 Å². The molecule has 1 fully saturated rings. The van der Waals surface area contributed by atoms with E-state index in [2.05, 4.69) is 36.9 Å². The van der Waals surface area contributed by atoms with Gasteiger partial charge in [-0.25, -0.2) is 0 Å². The van der Waals surface area contributed by atoms with Gasteiger partial charge in [0.2, 0.25) is 0 Å². The fraction of sp³-hybridized carbons (Fsp3) is 0.647. The number of aliphatic hydroxyl groups excluding tert-OH is 1. The average Bonchev–Trinajstić information content (AvgIpc) is 2.44. The van der Waals surface area contributed by atoms with Gasteiger partial charge in [-0.1, -0.05) is 29.3 Å². The highest BCUT2D eigenvalue weighted by molar-refractivity contribution is 5.30. The lowest BCUT2D eigenvalue weighted by molar-refractivity contribution is 0.118. The van der Waals surface area contributed by atoms with Crippen LogP contribution in [0.25, 0.3) is 0 Å². The van der Waals surface area contributed by atoms with Crippen molar-refractivity contribution in [3.63, 3.8) is 0 Å². The van der Waals surface area contributed by atoms with Crippen LogP contribution in [0.15, 0.2) is 18.2 Å². The zero-order chi connectivity index (χ0) is 14.5. The normalized spacial score (nSPS) is 21.9. The predicted octanol–water partition coefficient (Wildman–Crippen LogP) is 2.40. The zero-order valence-electron chi connectivity index (χ0n) is 12.8. The molecule has 112 valence electrons. The Morgan fingerprint density at radius 3 is 2.65 bits per heavy atom. The molecule has 1 heterocycles. The molecule has 0 saturated carbocycles.